The molecular formula is C23H25NO4. The van der Waals surface area contributed by atoms with Gasteiger partial charge in [-0.15, -0.1) is 0 Å². The quantitative estimate of drug-likeness (QED) is 0.640. The average Bonchev–Trinajstić information content (AvgIpc) is 2.68. The van der Waals surface area contributed by atoms with Crippen molar-refractivity contribution in [3.63, 3.8) is 0 Å². The van der Waals surface area contributed by atoms with E-state index < -0.39 is 0 Å². The maximum atomic E-state index is 13.1. The lowest BCUT2D eigenvalue weighted by molar-refractivity contribution is -0.132. The third kappa shape index (κ3) is 3.93. The Balaban J connectivity index is 2.10. The number of carbonyl (C=O) groups is 1. The van der Waals surface area contributed by atoms with Gasteiger partial charge in [0.05, 0.1) is 5.39 Å². The van der Waals surface area contributed by atoms with Gasteiger partial charge in [0.25, 0.3) is 5.91 Å². The molecule has 0 spiro atoms. The molecule has 1 aromatic heterocycles. The van der Waals surface area contributed by atoms with Gasteiger partial charge in [-0.05, 0) is 45.4 Å². The fourth-order valence-corrected chi connectivity index (χ4v) is 3.11. The summed E-state index contributed by atoms with van der Waals surface area (Å²) >= 11 is 0. The maximum Gasteiger partial charge on any atom is 0.260 e. The van der Waals surface area contributed by atoms with E-state index in [2.05, 4.69) is 0 Å². The molecule has 3 rings (SSSR count). The third-order valence-electron chi connectivity index (χ3n) is 4.78. The van der Waals surface area contributed by atoms with Crippen molar-refractivity contribution in [2.45, 2.75) is 27.7 Å². The Morgan fingerprint density at radius 1 is 1.00 bits per heavy atom. The van der Waals surface area contributed by atoms with Gasteiger partial charge in [0.2, 0.25) is 11.2 Å². The molecule has 0 saturated heterocycles. The van der Waals surface area contributed by atoms with Crippen molar-refractivity contribution in [2.75, 3.05) is 19.7 Å². The monoisotopic (exact) mass is 379 g/mol. The Labute approximate surface area is 164 Å². The van der Waals surface area contributed by atoms with Crippen molar-refractivity contribution in [3.8, 4) is 17.1 Å². The van der Waals surface area contributed by atoms with E-state index in [0.717, 1.165) is 16.7 Å². The summed E-state index contributed by atoms with van der Waals surface area (Å²) in [7, 11) is 0. The van der Waals surface area contributed by atoms with Crippen molar-refractivity contribution >= 4 is 16.9 Å². The Morgan fingerprint density at radius 3 is 2.29 bits per heavy atom. The van der Waals surface area contributed by atoms with E-state index in [1.165, 1.54) is 0 Å². The summed E-state index contributed by atoms with van der Waals surface area (Å²) in [6.07, 6.45) is 0. The van der Waals surface area contributed by atoms with Crippen LogP contribution in [0.4, 0.5) is 0 Å². The standard InChI is InChI=1S/C23H25NO4/c1-5-24(6-2)20(25)14-27-23-21(26)18-12-9-16(4)13-19(18)28-22(23)17-10-7-15(3)8-11-17/h7-13H,5-6,14H2,1-4H3. The number of hydrogen-bond acceptors (Lipinski definition) is 4. The van der Waals surface area contributed by atoms with E-state index in [4.69, 9.17) is 9.15 Å². The van der Waals surface area contributed by atoms with E-state index in [1.807, 2.05) is 64.1 Å². The second-order valence-electron chi connectivity index (χ2n) is 6.81. The number of amides is 1. The highest BCUT2D eigenvalue weighted by Gasteiger charge is 2.20. The molecule has 3 aromatic rings. The van der Waals surface area contributed by atoms with E-state index >= 15 is 0 Å². The molecule has 0 atom stereocenters. The Hall–Kier alpha value is -3.08. The summed E-state index contributed by atoms with van der Waals surface area (Å²) in [6, 6.07) is 13.1. The number of benzene rings is 2. The van der Waals surface area contributed by atoms with Crippen LogP contribution < -0.4 is 10.2 Å². The molecule has 0 fully saturated rings. The number of rotatable bonds is 6. The zero-order chi connectivity index (χ0) is 20.3. The second kappa shape index (κ2) is 8.30. The molecule has 1 amide bonds. The molecule has 0 aliphatic carbocycles. The Morgan fingerprint density at radius 2 is 1.64 bits per heavy atom. The van der Waals surface area contributed by atoms with Crippen molar-refractivity contribution in [3.05, 3.63) is 63.8 Å². The smallest absolute Gasteiger partial charge is 0.260 e. The molecule has 5 heteroatoms. The summed E-state index contributed by atoms with van der Waals surface area (Å²) in [4.78, 5) is 27.1. The highest BCUT2D eigenvalue weighted by Crippen LogP contribution is 2.31. The first-order valence-electron chi connectivity index (χ1n) is 9.49. The van der Waals surface area contributed by atoms with E-state index in [-0.39, 0.29) is 23.7 Å². The van der Waals surface area contributed by atoms with Crippen LogP contribution in [-0.2, 0) is 4.79 Å². The van der Waals surface area contributed by atoms with Crippen LogP contribution >= 0.6 is 0 Å². The second-order valence-corrected chi connectivity index (χ2v) is 6.81. The maximum absolute atomic E-state index is 13.1. The van der Waals surface area contributed by atoms with Gasteiger partial charge in [-0.3, -0.25) is 9.59 Å². The van der Waals surface area contributed by atoms with Crippen LogP contribution in [0.15, 0.2) is 51.7 Å². The van der Waals surface area contributed by atoms with Gasteiger partial charge in [-0.25, -0.2) is 0 Å². The average molecular weight is 379 g/mol. The summed E-state index contributed by atoms with van der Waals surface area (Å²) < 4.78 is 11.8. The predicted molar refractivity (Wildman–Crippen MR) is 111 cm³/mol. The molecule has 1 heterocycles. The van der Waals surface area contributed by atoms with Crippen LogP contribution in [0.25, 0.3) is 22.3 Å². The number of ether oxygens (including phenoxy) is 1. The Kier molecular flexibility index (Phi) is 5.83. The topological polar surface area (TPSA) is 59.8 Å². The van der Waals surface area contributed by atoms with Gasteiger partial charge in [0.15, 0.2) is 12.4 Å². The minimum absolute atomic E-state index is 0.0701. The fraction of sp³-hybridized carbons (Fsp3) is 0.304. The van der Waals surface area contributed by atoms with Crippen LogP contribution in [-0.4, -0.2) is 30.5 Å². The highest BCUT2D eigenvalue weighted by atomic mass is 16.5. The van der Waals surface area contributed by atoms with Gasteiger partial charge in [-0.1, -0.05) is 35.9 Å². The normalized spacial score (nSPS) is 10.9. The van der Waals surface area contributed by atoms with Gasteiger partial charge >= 0.3 is 0 Å². The van der Waals surface area contributed by atoms with Crippen molar-refractivity contribution in [1.29, 1.82) is 0 Å². The molecule has 146 valence electrons. The SMILES string of the molecule is CCN(CC)C(=O)COc1c(-c2ccc(C)cc2)oc2cc(C)ccc2c1=O. The van der Waals surface area contributed by atoms with Crippen LogP contribution in [0.5, 0.6) is 5.75 Å². The number of carbonyl (C=O) groups excluding carboxylic acids is 1. The first-order chi connectivity index (χ1) is 13.4. The third-order valence-corrected chi connectivity index (χ3v) is 4.78. The number of hydrogen-bond donors (Lipinski definition) is 0. The number of likely N-dealkylation sites (N-methyl/N-ethyl adjacent to an activating group) is 1. The predicted octanol–water partition coefficient (Wildman–Crippen LogP) is 4.32. The van der Waals surface area contributed by atoms with Crippen molar-refractivity contribution in [2.24, 2.45) is 0 Å². The van der Waals surface area contributed by atoms with Gasteiger partial charge in [0.1, 0.15) is 5.58 Å². The first kappa shape index (κ1) is 19.7. The van der Waals surface area contributed by atoms with E-state index in [1.54, 1.807) is 11.0 Å². The lowest BCUT2D eigenvalue weighted by Crippen LogP contribution is -2.35. The van der Waals surface area contributed by atoms with Crippen LogP contribution in [0.1, 0.15) is 25.0 Å². The molecule has 0 bridgehead atoms. The van der Waals surface area contributed by atoms with Crippen LogP contribution in [0.2, 0.25) is 0 Å². The first-order valence-corrected chi connectivity index (χ1v) is 9.49. The largest absolute Gasteiger partial charge is 0.476 e. The molecule has 2 aromatic carbocycles. The zero-order valence-electron chi connectivity index (χ0n) is 16.7. The van der Waals surface area contributed by atoms with E-state index in [0.29, 0.717) is 29.8 Å². The van der Waals surface area contributed by atoms with Crippen molar-refractivity contribution in [1.82, 2.24) is 4.90 Å². The molecule has 0 N–H and O–H groups in total. The lowest BCUT2D eigenvalue weighted by Gasteiger charge is -2.19. The molecule has 0 saturated carbocycles. The molecule has 0 radical (unpaired) electrons. The molecule has 5 nitrogen and oxygen atoms in total. The fourth-order valence-electron chi connectivity index (χ4n) is 3.11. The molecule has 0 unspecified atom stereocenters. The van der Waals surface area contributed by atoms with Crippen molar-refractivity contribution < 1.29 is 13.9 Å². The molecule has 28 heavy (non-hydrogen) atoms. The minimum atomic E-state index is -0.274. The summed E-state index contributed by atoms with van der Waals surface area (Å²) in [5.41, 5.74) is 3.06. The Bertz CT molecular complexity index is 1050. The summed E-state index contributed by atoms with van der Waals surface area (Å²) in [5.74, 6) is 0.249. The summed E-state index contributed by atoms with van der Waals surface area (Å²) in [5, 5.41) is 0.437. The van der Waals surface area contributed by atoms with Crippen LogP contribution in [0.3, 0.4) is 0 Å². The minimum Gasteiger partial charge on any atom is -0.476 e. The lowest BCUT2D eigenvalue weighted by atomic mass is 10.1. The van der Waals surface area contributed by atoms with Gasteiger partial charge in [-0.2, -0.15) is 0 Å². The highest BCUT2D eigenvalue weighted by molar-refractivity contribution is 5.83. The van der Waals surface area contributed by atoms with Gasteiger partial charge in [0, 0.05) is 18.7 Å². The number of fused-ring (bicyclic) bond motifs is 1. The molecular weight excluding hydrogens is 354 g/mol. The molecule has 0 aliphatic rings. The number of aryl methyl sites for hydroxylation is 2. The van der Waals surface area contributed by atoms with E-state index in [9.17, 15) is 9.59 Å². The molecule has 0 aliphatic heterocycles. The zero-order valence-corrected chi connectivity index (χ0v) is 16.7. The number of nitrogens with zero attached hydrogens (tertiary/aromatic N) is 1. The van der Waals surface area contributed by atoms with Gasteiger partial charge < -0.3 is 14.1 Å². The van der Waals surface area contributed by atoms with Crippen LogP contribution in [0, 0.1) is 13.8 Å². The summed E-state index contributed by atoms with van der Waals surface area (Å²) in [6.45, 7) is 8.73.